The van der Waals surface area contributed by atoms with E-state index >= 15 is 0 Å². The van der Waals surface area contributed by atoms with Crippen LogP contribution in [0.1, 0.15) is 67.8 Å². The first kappa shape index (κ1) is 22.6. The molecular formula is C22H22O8. The van der Waals surface area contributed by atoms with Crippen LogP contribution < -0.4 is 0 Å². The predicted molar refractivity (Wildman–Crippen MR) is 106 cm³/mol. The van der Waals surface area contributed by atoms with Crippen molar-refractivity contribution in [3.05, 3.63) is 64.2 Å². The molecule has 30 heavy (non-hydrogen) atoms. The number of para-hydroxylation sites is 1. The Bertz CT molecular complexity index is 938. The highest BCUT2D eigenvalue weighted by molar-refractivity contribution is 6.16. The lowest BCUT2D eigenvalue weighted by Crippen LogP contribution is -2.21. The summed E-state index contributed by atoms with van der Waals surface area (Å²) in [5, 5.41) is 10.0. The molecule has 0 aliphatic rings. The smallest absolute Gasteiger partial charge is 0.339 e. The minimum absolute atomic E-state index is 0.00192. The Balaban J connectivity index is 2.77. The SMILES string of the molecule is CCOC(=O)c1cc(C(=O)c2ccccc2O)cc(C(=O)OCC)c1C(=O)OCC. The molecule has 0 unspecified atom stereocenters. The summed E-state index contributed by atoms with van der Waals surface area (Å²) in [7, 11) is 0. The zero-order valence-corrected chi connectivity index (χ0v) is 16.9. The number of ether oxygens (including phenoxy) is 3. The lowest BCUT2D eigenvalue weighted by molar-refractivity contribution is 0.0458. The number of hydrogen-bond acceptors (Lipinski definition) is 8. The zero-order chi connectivity index (χ0) is 22.3. The number of esters is 3. The van der Waals surface area contributed by atoms with Crippen LogP contribution in [0.3, 0.4) is 0 Å². The maximum absolute atomic E-state index is 13.0. The van der Waals surface area contributed by atoms with E-state index < -0.39 is 23.7 Å². The van der Waals surface area contributed by atoms with Crippen LogP contribution in [0.25, 0.3) is 0 Å². The number of carbonyl (C=O) groups excluding carboxylic acids is 4. The molecule has 0 aliphatic carbocycles. The van der Waals surface area contributed by atoms with Crippen LogP contribution in [0.2, 0.25) is 0 Å². The number of hydrogen-bond donors (Lipinski definition) is 1. The number of benzene rings is 2. The van der Waals surface area contributed by atoms with E-state index in [1.54, 1.807) is 32.9 Å². The first-order valence-electron chi connectivity index (χ1n) is 9.37. The molecule has 0 bridgehead atoms. The quantitative estimate of drug-likeness (QED) is 0.398. The molecule has 0 spiro atoms. The number of ketones is 1. The topological polar surface area (TPSA) is 116 Å². The van der Waals surface area contributed by atoms with Gasteiger partial charge in [-0.05, 0) is 45.0 Å². The number of aromatic hydroxyl groups is 1. The molecule has 0 saturated heterocycles. The third kappa shape index (κ3) is 4.83. The van der Waals surface area contributed by atoms with Crippen LogP contribution in [0.4, 0.5) is 0 Å². The van der Waals surface area contributed by atoms with Gasteiger partial charge in [0.15, 0.2) is 5.78 Å². The molecule has 0 saturated carbocycles. The zero-order valence-electron chi connectivity index (χ0n) is 16.9. The number of phenols is 1. The molecule has 0 radical (unpaired) electrons. The van der Waals surface area contributed by atoms with Gasteiger partial charge < -0.3 is 19.3 Å². The van der Waals surface area contributed by atoms with Crippen molar-refractivity contribution in [3.63, 3.8) is 0 Å². The fraction of sp³-hybridized carbons (Fsp3) is 0.273. The van der Waals surface area contributed by atoms with Gasteiger partial charge in [0.25, 0.3) is 0 Å². The van der Waals surface area contributed by atoms with E-state index in [9.17, 15) is 24.3 Å². The van der Waals surface area contributed by atoms with Crippen molar-refractivity contribution < 1.29 is 38.5 Å². The van der Waals surface area contributed by atoms with Crippen molar-refractivity contribution in [2.24, 2.45) is 0 Å². The van der Waals surface area contributed by atoms with Gasteiger partial charge in [-0.2, -0.15) is 0 Å². The van der Waals surface area contributed by atoms with Gasteiger partial charge in [-0.3, -0.25) is 4.79 Å². The molecule has 158 valence electrons. The highest BCUT2D eigenvalue weighted by atomic mass is 16.5. The molecule has 0 amide bonds. The molecule has 8 nitrogen and oxygen atoms in total. The van der Waals surface area contributed by atoms with Gasteiger partial charge >= 0.3 is 17.9 Å². The first-order valence-corrected chi connectivity index (χ1v) is 9.37. The van der Waals surface area contributed by atoms with Crippen LogP contribution in [-0.4, -0.2) is 48.6 Å². The van der Waals surface area contributed by atoms with E-state index in [0.29, 0.717) is 0 Å². The maximum Gasteiger partial charge on any atom is 0.339 e. The summed E-state index contributed by atoms with van der Waals surface area (Å²) in [5.41, 5.74) is -1.09. The Kier molecular flexibility index (Phi) is 7.69. The molecule has 1 N–H and O–H groups in total. The fourth-order valence-electron chi connectivity index (χ4n) is 2.76. The summed E-state index contributed by atoms with van der Waals surface area (Å²) in [6.07, 6.45) is 0. The standard InChI is InChI=1S/C22H22O8/c1-4-28-20(25)15-11-13(19(24)14-9-7-8-10-17(14)23)12-16(21(26)29-5-2)18(15)22(27)30-6-3/h7-12,23H,4-6H2,1-3H3. The van der Waals surface area contributed by atoms with Gasteiger partial charge in [0, 0.05) is 5.56 Å². The van der Waals surface area contributed by atoms with Crippen molar-refractivity contribution >= 4 is 23.7 Å². The average molecular weight is 414 g/mol. The normalized spacial score (nSPS) is 10.2. The van der Waals surface area contributed by atoms with Gasteiger partial charge in [0.05, 0.1) is 42.1 Å². The van der Waals surface area contributed by atoms with Crippen molar-refractivity contribution in [2.45, 2.75) is 20.8 Å². The maximum atomic E-state index is 13.0. The number of rotatable bonds is 8. The Hall–Kier alpha value is -3.68. The summed E-state index contributed by atoms with van der Waals surface area (Å²) in [6, 6.07) is 8.11. The van der Waals surface area contributed by atoms with Crippen LogP contribution in [0.5, 0.6) is 5.75 Å². The Morgan fingerprint density at radius 3 is 1.67 bits per heavy atom. The first-order chi connectivity index (χ1) is 14.3. The van der Waals surface area contributed by atoms with Crippen LogP contribution in [0, 0.1) is 0 Å². The second-order valence-corrected chi connectivity index (χ2v) is 5.95. The molecule has 2 rings (SSSR count). The summed E-state index contributed by atoms with van der Waals surface area (Å²) in [6.45, 7) is 4.74. The third-order valence-electron chi connectivity index (χ3n) is 4.02. The van der Waals surface area contributed by atoms with Crippen molar-refractivity contribution in [2.75, 3.05) is 19.8 Å². The van der Waals surface area contributed by atoms with Gasteiger partial charge in [0.1, 0.15) is 5.75 Å². The summed E-state index contributed by atoms with van der Waals surface area (Å²) in [4.78, 5) is 50.6. The lowest BCUT2D eigenvalue weighted by Gasteiger charge is -2.15. The van der Waals surface area contributed by atoms with E-state index in [1.165, 1.54) is 12.1 Å². The molecular weight excluding hydrogens is 392 g/mol. The minimum Gasteiger partial charge on any atom is -0.507 e. The highest BCUT2D eigenvalue weighted by Gasteiger charge is 2.30. The summed E-state index contributed by atoms with van der Waals surface area (Å²) < 4.78 is 15.0. The molecule has 0 heterocycles. The molecule has 0 aliphatic heterocycles. The molecule has 0 fully saturated rings. The van der Waals surface area contributed by atoms with Crippen molar-refractivity contribution in [3.8, 4) is 5.75 Å². The molecule has 0 atom stereocenters. The van der Waals surface area contributed by atoms with Crippen LogP contribution in [-0.2, 0) is 14.2 Å². The average Bonchev–Trinajstić information content (AvgIpc) is 2.73. The van der Waals surface area contributed by atoms with Gasteiger partial charge in [-0.25, -0.2) is 14.4 Å². The van der Waals surface area contributed by atoms with E-state index in [0.717, 1.165) is 12.1 Å². The molecule has 0 aromatic heterocycles. The summed E-state index contributed by atoms with van der Waals surface area (Å²) >= 11 is 0. The summed E-state index contributed by atoms with van der Waals surface area (Å²) in [5.74, 6) is -3.66. The van der Waals surface area contributed by atoms with E-state index in [2.05, 4.69) is 0 Å². The minimum atomic E-state index is -0.926. The lowest BCUT2D eigenvalue weighted by atomic mass is 9.93. The highest BCUT2D eigenvalue weighted by Crippen LogP contribution is 2.26. The van der Waals surface area contributed by atoms with E-state index in [1.807, 2.05) is 0 Å². The fourth-order valence-corrected chi connectivity index (χ4v) is 2.76. The Morgan fingerprint density at radius 1 is 0.733 bits per heavy atom. The van der Waals surface area contributed by atoms with Gasteiger partial charge in [-0.1, -0.05) is 12.1 Å². The van der Waals surface area contributed by atoms with Crippen LogP contribution in [0.15, 0.2) is 36.4 Å². The largest absolute Gasteiger partial charge is 0.507 e. The van der Waals surface area contributed by atoms with E-state index in [4.69, 9.17) is 14.2 Å². The molecule has 2 aromatic carbocycles. The second kappa shape index (κ2) is 10.2. The number of carbonyl (C=O) groups is 4. The van der Waals surface area contributed by atoms with Gasteiger partial charge in [-0.15, -0.1) is 0 Å². The predicted octanol–water partition coefficient (Wildman–Crippen LogP) is 3.15. The third-order valence-corrected chi connectivity index (χ3v) is 4.02. The number of phenolic OH excluding ortho intramolecular Hbond substituents is 1. The van der Waals surface area contributed by atoms with Crippen molar-refractivity contribution in [1.82, 2.24) is 0 Å². The van der Waals surface area contributed by atoms with Crippen molar-refractivity contribution in [1.29, 1.82) is 0 Å². The Labute approximate surface area is 173 Å². The second-order valence-electron chi connectivity index (χ2n) is 5.95. The monoisotopic (exact) mass is 414 g/mol. The van der Waals surface area contributed by atoms with Gasteiger partial charge in [0.2, 0.25) is 0 Å². The van der Waals surface area contributed by atoms with Crippen LogP contribution >= 0.6 is 0 Å². The molecule has 8 heteroatoms. The molecule has 2 aromatic rings. The van der Waals surface area contributed by atoms with E-state index in [-0.39, 0.29) is 53.4 Å². The Morgan fingerprint density at radius 2 is 1.20 bits per heavy atom.